The number of hydrogen-bond acceptors (Lipinski definition) is 3. The molecule has 0 atom stereocenters. The SMILES string of the molecule is CCCNCc1cc(F)ccc1OCCC(C)(C)O. The molecule has 1 rings (SSSR count). The van der Waals surface area contributed by atoms with Crippen LogP contribution in [0.4, 0.5) is 4.39 Å². The molecule has 1 aromatic rings. The average molecular weight is 269 g/mol. The summed E-state index contributed by atoms with van der Waals surface area (Å²) in [6.45, 7) is 7.45. The van der Waals surface area contributed by atoms with Gasteiger partial charge < -0.3 is 15.2 Å². The van der Waals surface area contributed by atoms with E-state index in [9.17, 15) is 9.50 Å². The van der Waals surface area contributed by atoms with Gasteiger partial charge in [0.1, 0.15) is 11.6 Å². The molecular formula is C15H24FNO2. The van der Waals surface area contributed by atoms with Gasteiger partial charge in [0.2, 0.25) is 0 Å². The van der Waals surface area contributed by atoms with Crippen molar-refractivity contribution >= 4 is 0 Å². The van der Waals surface area contributed by atoms with Crippen LogP contribution in [-0.4, -0.2) is 23.9 Å². The van der Waals surface area contributed by atoms with Gasteiger partial charge in [-0.15, -0.1) is 0 Å². The minimum absolute atomic E-state index is 0.261. The molecule has 0 saturated heterocycles. The van der Waals surface area contributed by atoms with Crippen LogP contribution in [0.5, 0.6) is 5.75 Å². The molecule has 0 heterocycles. The highest BCUT2D eigenvalue weighted by Gasteiger charge is 2.13. The molecule has 0 amide bonds. The third-order valence-electron chi connectivity index (χ3n) is 2.74. The Kier molecular flexibility index (Phi) is 6.25. The Morgan fingerprint density at radius 3 is 2.74 bits per heavy atom. The molecule has 2 N–H and O–H groups in total. The van der Waals surface area contributed by atoms with Crippen LogP contribution in [-0.2, 0) is 6.54 Å². The second-order valence-electron chi connectivity index (χ2n) is 5.34. The van der Waals surface area contributed by atoms with E-state index in [0.29, 0.717) is 25.3 Å². The van der Waals surface area contributed by atoms with Crippen LogP contribution in [0.15, 0.2) is 18.2 Å². The van der Waals surface area contributed by atoms with Crippen molar-refractivity contribution < 1.29 is 14.2 Å². The minimum Gasteiger partial charge on any atom is -0.493 e. The van der Waals surface area contributed by atoms with E-state index in [1.807, 2.05) is 0 Å². The van der Waals surface area contributed by atoms with Crippen LogP contribution in [0.3, 0.4) is 0 Å². The van der Waals surface area contributed by atoms with Crippen molar-refractivity contribution in [2.45, 2.75) is 45.8 Å². The summed E-state index contributed by atoms with van der Waals surface area (Å²) in [5.74, 6) is 0.414. The van der Waals surface area contributed by atoms with Gasteiger partial charge in [0.25, 0.3) is 0 Å². The second kappa shape index (κ2) is 7.46. The topological polar surface area (TPSA) is 41.5 Å². The van der Waals surface area contributed by atoms with Crippen LogP contribution in [0, 0.1) is 5.82 Å². The van der Waals surface area contributed by atoms with Gasteiger partial charge in [0, 0.05) is 18.5 Å². The second-order valence-corrected chi connectivity index (χ2v) is 5.34. The quantitative estimate of drug-likeness (QED) is 0.713. The fourth-order valence-electron chi connectivity index (χ4n) is 1.64. The lowest BCUT2D eigenvalue weighted by atomic mass is 10.1. The van der Waals surface area contributed by atoms with E-state index in [1.54, 1.807) is 19.9 Å². The van der Waals surface area contributed by atoms with Crippen molar-refractivity contribution in [3.63, 3.8) is 0 Å². The van der Waals surface area contributed by atoms with E-state index in [-0.39, 0.29) is 5.82 Å². The molecule has 19 heavy (non-hydrogen) atoms. The van der Waals surface area contributed by atoms with Gasteiger partial charge in [-0.25, -0.2) is 4.39 Å². The highest BCUT2D eigenvalue weighted by Crippen LogP contribution is 2.20. The van der Waals surface area contributed by atoms with Crippen molar-refractivity contribution in [1.29, 1.82) is 0 Å². The predicted molar refractivity (Wildman–Crippen MR) is 74.8 cm³/mol. The molecule has 0 spiro atoms. The monoisotopic (exact) mass is 269 g/mol. The first-order valence-electron chi connectivity index (χ1n) is 6.76. The molecule has 3 nitrogen and oxygen atoms in total. The summed E-state index contributed by atoms with van der Waals surface area (Å²) in [7, 11) is 0. The molecule has 0 aliphatic heterocycles. The number of rotatable bonds is 8. The highest BCUT2D eigenvalue weighted by molar-refractivity contribution is 5.33. The molecule has 0 fully saturated rings. The van der Waals surface area contributed by atoms with Crippen molar-refractivity contribution in [3.05, 3.63) is 29.6 Å². The van der Waals surface area contributed by atoms with E-state index >= 15 is 0 Å². The number of nitrogens with one attached hydrogen (secondary N) is 1. The zero-order chi connectivity index (χ0) is 14.3. The summed E-state index contributed by atoms with van der Waals surface area (Å²) in [5.41, 5.74) is 0.0601. The molecular weight excluding hydrogens is 245 g/mol. The lowest BCUT2D eigenvalue weighted by Gasteiger charge is -2.18. The molecule has 0 bridgehead atoms. The van der Waals surface area contributed by atoms with Crippen LogP contribution >= 0.6 is 0 Å². The first-order chi connectivity index (χ1) is 8.92. The largest absolute Gasteiger partial charge is 0.493 e. The van der Waals surface area contributed by atoms with E-state index in [2.05, 4.69) is 12.2 Å². The molecule has 0 aromatic heterocycles. The Balaban J connectivity index is 2.60. The molecule has 4 heteroatoms. The fourth-order valence-corrected chi connectivity index (χ4v) is 1.64. The molecule has 0 aliphatic carbocycles. The van der Waals surface area contributed by atoms with Gasteiger partial charge in [-0.1, -0.05) is 6.92 Å². The maximum atomic E-state index is 13.2. The van der Waals surface area contributed by atoms with Gasteiger partial charge >= 0.3 is 0 Å². The number of benzene rings is 1. The summed E-state index contributed by atoms with van der Waals surface area (Å²) in [4.78, 5) is 0. The van der Waals surface area contributed by atoms with Crippen molar-refractivity contribution in [3.8, 4) is 5.75 Å². The highest BCUT2D eigenvalue weighted by atomic mass is 19.1. The zero-order valence-electron chi connectivity index (χ0n) is 12.0. The maximum Gasteiger partial charge on any atom is 0.123 e. The first-order valence-corrected chi connectivity index (χ1v) is 6.76. The fraction of sp³-hybridized carbons (Fsp3) is 0.600. The zero-order valence-corrected chi connectivity index (χ0v) is 12.0. The van der Waals surface area contributed by atoms with Gasteiger partial charge in [-0.2, -0.15) is 0 Å². The van der Waals surface area contributed by atoms with E-state index in [1.165, 1.54) is 12.1 Å². The number of hydrogen-bond donors (Lipinski definition) is 2. The summed E-state index contributed by atoms with van der Waals surface area (Å²) < 4.78 is 18.9. The van der Waals surface area contributed by atoms with Crippen LogP contribution in [0.1, 0.15) is 39.2 Å². The predicted octanol–water partition coefficient (Wildman–Crippen LogP) is 2.87. The van der Waals surface area contributed by atoms with Crippen LogP contribution < -0.4 is 10.1 Å². The number of halogens is 1. The van der Waals surface area contributed by atoms with Gasteiger partial charge in [-0.05, 0) is 45.0 Å². The van der Waals surface area contributed by atoms with Crippen molar-refractivity contribution in [1.82, 2.24) is 5.32 Å². The Labute approximate surface area is 114 Å². The third-order valence-corrected chi connectivity index (χ3v) is 2.74. The molecule has 1 aromatic carbocycles. The molecule has 108 valence electrons. The van der Waals surface area contributed by atoms with Crippen molar-refractivity contribution in [2.75, 3.05) is 13.2 Å². The Bertz CT molecular complexity index is 388. The minimum atomic E-state index is -0.749. The first kappa shape index (κ1) is 15.9. The normalized spacial score (nSPS) is 11.6. The van der Waals surface area contributed by atoms with Gasteiger partial charge in [0.05, 0.1) is 12.2 Å². The van der Waals surface area contributed by atoms with E-state index < -0.39 is 5.60 Å². The Morgan fingerprint density at radius 2 is 2.11 bits per heavy atom. The summed E-state index contributed by atoms with van der Waals surface area (Å²) >= 11 is 0. The summed E-state index contributed by atoms with van der Waals surface area (Å²) in [6.07, 6.45) is 1.57. The Morgan fingerprint density at radius 1 is 1.37 bits per heavy atom. The van der Waals surface area contributed by atoms with E-state index in [0.717, 1.165) is 18.5 Å². The van der Waals surface area contributed by atoms with E-state index in [4.69, 9.17) is 4.74 Å². The number of aliphatic hydroxyl groups is 1. The number of ether oxygens (including phenoxy) is 1. The van der Waals surface area contributed by atoms with Crippen molar-refractivity contribution in [2.24, 2.45) is 0 Å². The molecule has 0 aliphatic rings. The molecule has 0 unspecified atom stereocenters. The Hall–Kier alpha value is -1.13. The lowest BCUT2D eigenvalue weighted by molar-refractivity contribution is 0.0551. The third kappa shape index (κ3) is 6.55. The lowest BCUT2D eigenvalue weighted by Crippen LogP contribution is -2.22. The standard InChI is InChI=1S/C15H24FNO2/c1-4-8-17-11-12-10-13(16)5-6-14(12)19-9-7-15(2,3)18/h5-6,10,17-18H,4,7-9,11H2,1-3H3. The molecule has 0 radical (unpaired) electrons. The summed E-state index contributed by atoms with van der Waals surface area (Å²) in [5, 5.41) is 12.9. The van der Waals surface area contributed by atoms with Gasteiger partial charge in [-0.3, -0.25) is 0 Å². The smallest absolute Gasteiger partial charge is 0.123 e. The summed E-state index contributed by atoms with van der Waals surface area (Å²) in [6, 6.07) is 4.52. The maximum absolute atomic E-state index is 13.2. The van der Waals surface area contributed by atoms with Crippen LogP contribution in [0.25, 0.3) is 0 Å². The van der Waals surface area contributed by atoms with Crippen LogP contribution in [0.2, 0.25) is 0 Å². The molecule has 0 saturated carbocycles. The average Bonchev–Trinajstić information content (AvgIpc) is 2.30. The van der Waals surface area contributed by atoms with Gasteiger partial charge in [0.15, 0.2) is 0 Å².